The number of ether oxygens (including phenoxy) is 1. The van der Waals surface area contributed by atoms with Gasteiger partial charge in [0.2, 0.25) is 17.7 Å². The second-order valence-corrected chi connectivity index (χ2v) is 8.07. The zero-order chi connectivity index (χ0) is 24.2. The fourth-order valence-corrected chi connectivity index (χ4v) is 3.88. The van der Waals surface area contributed by atoms with E-state index in [4.69, 9.17) is 24.6 Å². The van der Waals surface area contributed by atoms with Gasteiger partial charge in [-0.15, -0.1) is 0 Å². The fourth-order valence-electron chi connectivity index (χ4n) is 3.88. The van der Waals surface area contributed by atoms with Crippen molar-refractivity contribution in [2.24, 2.45) is 0 Å². The van der Waals surface area contributed by atoms with Crippen molar-refractivity contribution in [3.05, 3.63) is 60.0 Å². The third-order valence-corrected chi connectivity index (χ3v) is 5.73. The number of morpholine rings is 1. The summed E-state index contributed by atoms with van der Waals surface area (Å²) in [5.41, 5.74) is 5.15. The molecule has 0 radical (unpaired) electrons. The molecule has 3 heterocycles. The van der Waals surface area contributed by atoms with Crippen molar-refractivity contribution >= 4 is 29.4 Å². The first-order valence-corrected chi connectivity index (χ1v) is 11.3. The third-order valence-electron chi connectivity index (χ3n) is 5.73. The van der Waals surface area contributed by atoms with Crippen molar-refractivity contribution in [1.82, 2.24) is 20.1 Å². The lowest BCUT2D eigenvalue weighted by atomic mass is 10.1. The number of aryl methyl sites for hydroxylation is 1. The molecule has 0 spiro atoms. The number of hydrogen-bond donors (Lipinski definition) is 3. The summed E-state index contributed by atoms with van der Waals surface area (Å²) in [6.45, 7) is 4.52. The van der Waals surface area contributed by atoms with Crippen LogP contribution in [-0.4, -0.2) is 59.7 Å². The fraction of sp³-hybridized carbons (Fsp3) is 0.240. The Hall–Kier alpha value is -4.31. The minimum Gasteiger partial charge on any atom is -0.388 e. The van der Waals surface area contributed by atoms with Gasteiger partial charge in [-0.3, -0.25) is 0 Å². The Labute approximate surface area is 202 Å². The maximum absolute atomic E-state index is 7.63. The smallest absolute Gasteiger partial charge is 0.228 e. The highest BCUT2D eigenvalue weighted by Crippen LogP contribution is 2.29. The summed E-state index contributed by atoms with van der Waals surface area (Å²) in [5, 5.41) is 18.2. The second-order valence-electron chi connectivity index (χ2n) is 8.07. The van der Waals surface area contributed by atoms with Crippen LogP contribution < -0.4 is 15.5 Å². The van der Waals surface area contributed by atoms with Gasteiger partial charge in [0.1, 0.15) is 5.82 Å². The molecule has 10 heteroatoms. The van der Waals surface area contributed by atoms with Gasteiger partial charge in [0.05, 0.1) is 18.9 Å². The molecule has 0 unspecified atom stereocenters. The van der Waals surface area contributed by atoms with Crippen molar-refractivity contribution in [1.29, 1.82) is 5.41 Å². The van der Waals surface area contributed by atoms with Gasteiger partial charge in [0.25, 0.3) is 0 Å². The number of hydrogen-bond acceptors (Lipinski definition) is 10. The van der Waals surface area contributed by atoms with E-state index in [1.165, 1.54) is 6.21 Å². The molecular formula is C25H26N8O2. The lowest BCUT2D eigenvalue weighted by Gasteiger charge is -2.27. The summed E-state index contributed by atoms with van der Waals surface area (Å²) in [7, 11) is 1.85. The van der Waals surface area contributed by atoms with Gasteiger partial charge < -0.3 is 30.2 Å². The van der Waals surface area contributed by atoms with E-state index in [9.17, 15) is 0 Å². The highest BCUT2D eigenvalue weighted by molar-refractivity contribution is 5.88. The molecule has 35 heavy (non-hydrogen) atoms. The molecule has 1 fully saturated rings. The average Bonchev–Trinajstić information content (AvgIpc) is 3.35. The van der Waals surface area contributed by atoms with E-state index in [0.29, 0.717) is 36.7 Å². The minimum absolute atomic E-state index is 0.529. The van der Waals surface area contributed by atoms with E-state index in [-0.39, 0.29) is 0 Å². The molecule has 2 aromatic carbocycles. The number of benzene rings is 2. The van der Waals surface area contributed by atoms with Crippen LogP contribution in [0.15, 0.2) is 53.1 Å². The van der Waals surface area contributed by atoms with Crippen molar-refractivity contribution in [3.63, 3.8) is 0 Å². The van der Waals surface area contributed by atoms with Gasteiger partial charge in [-0.1, -0.05) is 17.3 Å². The van der Waals surface area contributed by atoms with Crippen molar-refractivity contribution in [2.45, 2.75) is 6.92 Å². The standard InChI is InChI=1S/C25H26N8O2/c1-16-28-24(32-35-16)17-5-7-20(8-6-17)29-23-14-22(18-3-4-19(15-26)21(13-18)27-2)30-25(31-23)33-9-11-34-12-10-33/h3-8,13-15,26-27H,9-12H2,1-2H3,(H,29,30,31). The molecule has 3 N–H and O–H groups in total. The molecule has 0 aliphatic carbocycles. The first-order valence-electron chi connectivity index (χ1n) is 11.3. The first-order chi connectivity index (χ1) is 17.1. The zero-order valence-electron chi connectivity index (χ0n) is 19.6. The number of aromatic nitrogens is 4. The van der Waals surface area contributed by atoms with Gasteiger partial charge in [-0.2, -0.15) is 9.97 Å². The largest absolute Gasteiger partial charge is 0.388 e. The summed E-state index contributed by atoms with van der Waals surface area (Å²) in [6, 6.07) is 15.6. The number of nitrogens with zero attached hydrogens (tertiary/aromatic N) is 5. The lowest BCUT2D eigenvalue weighted by Crippen LogP contribution is -2.37. The monoisotopic (exact) mass is 470 g/mol. The Morgan fingerprint density at radius 2 is 1.74 bits per heavy atom. The molecule has 0 amide bonds. The number of nitrogens with one attached hydrogen (secondary N) is 3. The van der Waals surface area contributed by atoms with E-state index in [2.05, 4.69) is 25.7 Å². The Morgan fingerprint density at radius 3 is 2.43 bits per heavy atom. The van der Waals surface area contributed by atoms with E-state index >= 15 is 0 Å². The molecule has 1 aliphatic rings. The molecule has 0 atom stereocenters. The van der Waals surface area contributed by atoms with Crippen LogP contribution in [0.25, 0.3) is 22.6 Å². The lowest BCUT2D eigenvalue weighted by molar-refractivity contribution is 0.122. The average molecular weight is 471 g/mol. The Kier molecular flexibility index (Phi) is 6.36. The molecule has 10 nitrogen and oxygen atoms in total. The Morgan fingerprint density at radius 1 is 0.971 bits per heavy atom. The molecular weight excluding hydrogens is 444 g/mol. The van der Waals surface area contributed by atoms with Crippen LogP contribution in [0.4, 0.5) is 23.1 Å². The van der Waals surface area contributed by atoms with Gasteiger partial charge in [0, 0.05) is 67.4 Å². The van der Waals surface area contributed by atoms with Crippen LogP contribution in [0.1, 0.15) is 11.5 Å². The summed E-state index contributed by atoms with van der Waals surface area (Å²) < 4.78 is 10.6. The molecule has 0 bridgehead atoms. The Balaban J connectivity index is 1.48. The van der Waals surface area contributed by atoms with Crippen LogP contribution in [0, 0.1) is 12.3 Å². The molecule has 2 aromatic heterocycles. The third kappa shape index (κ3) is 4.97. The first kappa shape index (κ1) is 22.5. The van der Waals surface area contributed by atoms with Crippen LogP contribution >= 0.6 is 0 Å². The predicted octanol–water partition coefficient (Wildman–Crippen LogP) is 4.12. The normalized spacial score (nSPS) is 13.5. The number of rotatable bonds is 7. The summed E-state index contributed by atoms with van der Waals surface area (Å²) in [6.07, 6.45) is 1.33. The van der Waals surface area contributed by atoms with Crippen LogP contribution in [0.2, 0.25) is 0 Å². The molecule has 178 valence electrons. The topological polar surface area (TPSA) is 125 Å². The van der Waals surface area contributed by atoms with Crippen molar-refractivity contribution in [2.75, 3.05) is 48.9 Å². The summed E-state index contributed by atoms with van der Waals surface area (Å²) in [5.74, 6) is 2.42. The second kappa shape index (κ2) is 9.90. The van der Waals surface area contributed by atoms with Crippen LogP contribution in [0.5, 0.6) is 0 Å². The number of anilines is 4. The summed E-state index contributed by atoms with van der Waals surface area (Å²) in [4.78, 5) is 16.1. The van der Waals surface area contributed by atoms with Gasteiger partial charge in [-0.05, 0) is 30.3 Å². The minimum atomic E-state index is 0.529. The Bertz CT molecular complexity index is 1330. The zero-order valence-corrected chi connectivity index (χ0v) is 19.6. The highest BCUT2D eigenvalue weighted by Gasteiger charge is 2.17. The van der Waals surface area contributed by atoms with Gasteiger partial charge >= 0.3 is 0 Å². The quantitative estimate of drug-likeness (QED) is 0.342. The summed E-state index contributed by atoms with van der Waals surface area (Å²) >= 11 is 0. The van der Waals surface area contributed by atoms with Crippen LogP contribution in [0.3, 0.4) is 0 Å². The molecule has 1 saturated heterocycles. The SMILES string of the molecule is CNc1cc(-c2cc(Nc3ccc(-c4noc(C)n4)cc3)nc(N3CCOCC3)n2)ccc1C=N. The van der Waals surface area contributed by atoms with E-state index < -0.39 is 0 Å². The van der Waals surface area contributed by atoms with Crippen molar-refractivity contribution < 1.29 is 9.26 Å². The molecule has 4 aromatic rings. The van der Waals surface area contributed by atoms with Crippen molar-refractivity contribution in [3.8, 4) is 22.6 Å². The van der Waals surface area contributed by atoms with Gasteiger partial charge in [-0.25, -0.2) is 4.98 Å². The van der Waals surface area contributed by atoms with E-state index in [0.717, 1.165) is 46.8 Å². The van der Waals surface area contributed by atoms with Crippen LogP contribution in [-0.2, 0) is 4.74 Å². The van der Waals surface area contributed by atoms with E-state index in [1.807, 2.05) is 55.6 Å². The van der Waals surface area contributed by atoms with E-state index in [1.54, 1.807) is 6.92 Å². The maximum atomic E-state index is 7.63. The predicted molar refractivity (Wildman–Crippen MR) is 136 cm³/mol. The van der Waals surface area contributed by atoms with Gasteiger partial charge in [0.15, 0.2) is 0 Å². The molecule has 1 aliphatic heterocycles. The molecule has 5 rings (SSSR count). The molecule has 0 saturated carbocycles. The maximum Gasteiger partial charge on any atom is 0.228 e. The highest BCUT2D eigenvalue weighted by atomic mass is 16.5.